The molecular formula is C9H12ClN3O2S. The molecule has 16 heavy (non-hydrogen) atoms. The Balaban J connectivity index is 2.10. The zero-order valence-electron chi connectivity index (χ0n) is 8.76. The van der Waals surface area contributed by atoms with E-state index in [9.17, 15) is 4.79 Å². The predicted molar refractivity (Wildman–Crippen MR) is 60.5 cm³/mol. The predicted octanol–water partition coefficient (Wildman–Crippen LogP) is 1.49. The molecule has 7 heteroatoms. The normalized spacial score (nSPS) is 26.1. The zero-order valence-corrected chi connectivity index (χ0v) is 10.3. The second-order valence-corrected chi connectivity index (χ2v) is 5.37. The number of rotatable bonds is 3. The number of aliphatic carboxylic acids is 1. The van der Waals surface area contributed by atoms with Gasteiger partial charge in [0, 0.05) is 18.1 Å². The number of likely N-dealkylation sites (tertiary alicyclic amines) is 1. The van der Waals surface area contributed by atoms with Crippen LogP contribution >= 0.6 is 23.1 Å². The summed E-state index contributed by atoms with van der Waals surface area (Å²) in [4.78, 5) is 13.0. The summed E-state index contributed by atoms with van der Waals surface area (Å²) in [5, 5.41) is 13.0. The van der Waals surface area contributed by atoms with Gasteiger partial charge in [0.05, 0.1) is 0 Å². The van der Waals surface area contributed by atoms with Crippen molar-refractivity contribution in [3.63, 3.8) is 0 Å². The van der Waals surface area contributed by atoms with Crippen LogP contribution in [0.5, 0.6) is 0 Å². The maximum atomic E-state index is 11.1. The minimum absolute atomic E-state index is 0.169. The van der Waals surface area contributed by atoms with Gasteiger partial charge in [0.1, 0.15) is 16.1 Å². The van der Waals surface area contributed by atoms with Gasteiger partial charge in [-0.15, -0.1) is 5.10 Å². The number of carbonyl (C=O) groups is 1. The van der Waals surface area contributed by atoms with Crippen LogP contribution < -0.4 is 0 Å². The van der Waals surface area contributed by atoms with E-state index in [1.165, 1.54) is 0 Å². The highest BCUT2D eigenvalue weighted by atomic mass is 35.5. The first-order valence-electron chi connectivity index (χ1n) is 5.03. The smallest absolute Gasteiger partial charge is 0.321 e. The lowest BCUT2D eigenvalue weighted by Crippen LogP contribution is -2.38. The SMILES string of the molecule is CC1CCN(Cc2nnsc2Cl)C1C(=O)O. The summed E-state index contributed by atoms with van der Waals surface area (Å²) in [5.74, 6) is -0.604. The highest BCUT2D eigenvalue weighted by Crippen LogP contribution is 2.27. The highest BCUT2D eigenvalue weighted by Gasteiger charge is 2.37. The topological polar surface area (TPSA) is 66.3 Å². The van der Waals surface area contributed by atoms with Crippen molar-refractivity contribution in [1.82, 2.24) is 14.5 Å². The lowest BCUT2D eigenvalue weighted by Gasteiger charge is -2.21. The fraction of sp³-hybridized carbons (Fsp3) is 0.667. The number of carboxylic acid groups (broad SMARTS) is 1. The summed E-state index contributed by atoms with van der Waals surface area (Å²) >= 11 is 7.03. The standard InChI is InChI=1S/C9H12ClN3O2S/c1-5-2-3-13(7(5)9(14)15)4-6-8(10)16-12-11-6/h5,7H,2-4H2,1H3,(H,14,15). The van der Waals surface area contributed by atoms with Crippen molar-refractivity contribution in [2.45, 2.75) is 25.9 Å². The first-order chi connectivity index (χ1) is 7.59. The van der Waals surface area contributed by atoms with E-state index in [1.54, 1.807) is 0 Å². The van der Waals surface area contributed by atoms with Gasteiger partial charge in [0.15, 0.2) is 0 Å². The Bertz CT molecular complexity index is 398. The van der Waals surface area contributed by atoms with E-state index in [1.807, 2.05) is 11.8 Å². The molecule has 1 N–H and O–H groups in total. The lowest BCUT2D eigenvalue weighted by atomic mass is 10.0. The monoisotopic (exact) mass is 261 g/mol. The van der Waals surface area contributed by atoms with Crippen molar-refractivity contribution in [3.8, 4) is 0 Å². The molecule has 2 atom stereocenters. The first kappa shape index (κ1) is 11.8. The molecule has 0 radical (unpaired) electrons. The van der Waals surface area contributed by atoms with Crippen molar-refractivity contribution in [3.05, 3.63) is 10.0 Å². The molecule has 1 aliphatic heterocycles. The number of nitrogens with zero attached hydrogens (tertiary/aromatic N) is 3. The molecular weight excluding hydrogens is 250 g/mol. The van der Waals surface area contributed by atoms with Crippen LogP contribution in [0.3, 0.4) is 0 Å². The van der Waals surface area contributed by atoms with E-state index in [4.69, 9.17) is 16.7 Å². The maximum absolute atomic E-state index is 11.1. The van der Waals surface area contributed by atoms with Gasteiger partial charge in [0.25, 0.3) is 0 Å². The molecule has 88 valence electrons. The third-order valence-electron chi connectivity index (χ3n) is 2.92. The summed E-state index contributed by atoms with van der Waals surface area (Å²) in [6.45, 7) is 3.20. The van der Waals surface area contributed by atoms with Crippen LogP contribution in [0.25, 0.3) is 0 Å². The van der Waals surface area contributed by atoms with Crippen LogP contribution in [0.2, 0.25) is 4.34 Å². The van der Waals surface area contributed by atoms with Crippen molar-refractivity contribution >= 4 is 29.1 Å². The van der Waals surface area contributed by atoms with Gasteiger partial charge >= 0.3 is 5.97 Å². The molecule has 0 aromatic carbocycles. The molecule has 0 saturated carbocycles. The quantitative estimate of drug-likeness (QED) is 0.893. The van der Waals surface area contributed by atoms with Gasteiger partial charge < -0.3 is 5.11 Å². The van der Waals surface area contributed by atoms with Gasteiger partial charge in [-0.3, -0.25) is 9.69 Å². The number of halogens is 1. The summed E-state index contributed by atoms with van der Waals surface area (Å²) < 4.78 is 4.28. The van der Waals surface area contributed by atoms with Crippen LogP contribution in [0.4, 0.5) is 0 Å². The number of aromatic nitrogens is 2. The lowest BCUT2D eigenvalue weighted by molar-refractivity contribution is -0.143. The number of hydrogen-bond donors (Lipinski definition) is 1. The Morgan fingerprint density at radius 2 is 2.50 bits per heavy atom. The first-order valence-corrected chi connectivity index (χ1v) is 6.18. The molecule has 5 nitrogen and oxygen atoms in total. The average molecular weight is 262 g/mol. The summed E-state index contributed by atoms with van der Waals surface area (Å²) in [6, 6.07) is -0.433. The maximum Gasteiger partial charge on any atom is 0.321 e. The van der Waals surface area contributed by atoms with Crippen molar-refractivity contribution in [2.75, 3.05) is 6.54 Å². The highest BCUT2D eigenvalue weighted by molar-refractivity contribution is 7.10. The van der Waals surface area contributed by atoms with E-state index >= 15 is 0 Å². The molecule has 1 saturated heterocycles. The molecule has 0 amide bonds. The minimum Gasteiger partial charge on any atom is -0.480 e. The average Bonchev–Trinajstić information content (AvgIpc) is 2.75. The summed E-state index contributed by atoms with van der Waals surface area (Å²) in [6.07, 6.45) is 0.895. The van der Waals surface area contributed by atoms with Crippen LogP contribution in [-0.2, 0) is 11.3 Å². The van der Waals surface area contributed by atoms with E-state index in [0.29, 0.717) is 16.6 Å². The molecule has 1 aromatic rings. The fourth-order valence-corrected chi connectivity index (χ4v) is 2.70. The largest absolute Gasteiger partial charge is 0.480 e. The second kappa shape index (κ2) is 4.65. The Labute approximate surface area is 102 Å². The van der Waals surface area contributed by atoms with E-state index in [2.05, 4.69) is 9.59 Å². The molecule has 1 aliphatic rings. The third kappa shape index (κ3) is 2.18. The molecule has 2 heterocycles. The van der Waals surface area contributed by atoms with Gasteiger partial charge in [-0.25, -0.2) is 0 Å². The van der Waals surface area contributed by atoms with Crippen LogP contribution in [0.1, 0.15) is 19.0 Å². The third-order valence-corrected chi connectivity index (χ3v) is 3.90. The summed E-state index contributed by atoms with van der Waals surface area (Å²) in [5.41, 5.74) is 0.673. The second-order valence-electron chi connectivity index (χ2n) is 4.01. The van der Waals surface area contributed by atoms with E-state index < -0.39 is 12.0 Å². The zero-order chi connectivity index (χ0) is 11.7. The van der Waals surface area contributed by atoms with Crippen LogP contribution in [0.15, 0.2) is 0 Å². The van der Waals surface area contributed by atoms with Crippen LogP contribution in [0, 0.1) is 5.92 Å². The van der Waals surface area contributed by atoms with Crippen LogP contribution in [-0.4, -0.2) is 38.1 Å². The van der Waals surface area contributed by atoms with Crippen molar-refractivity contribution < 1.29 is 9.90 Å². The van der Waals surface area contributed by atoms with E-state index in [-0.39, 0.29) is 5.92 Å². The van der Waals surface area contributed by atoms with Gasteiger partial charge in [-0.2, -0.15) is 0 Å². The van der Waals surface area contributed by atoms with Crippen molar-refractivity contribution in [2.24, 2.45) is 5.92 Å². The summed E-state index contributed by atoms with van der Waals surface area (Å²) in [7, 11) is 0. The minimum atomic E-state index is -0.774. The number of carboxylic acids is 1. The Hall–Kier alpha value is -0.720. The van der Waals surface area contributed by atoms with Gasteiger partial charge in [-0.1, -0.05) is 23.0 Å². The fourth-order valence-electron chi connectivity index (χ4n) is 2.09. The van der Waals surface area contributed by atoms with Gasteiger partial charge in [-0.05, 0) is 18.9 Å². The van der Waals surface area contributed by atoms with E-state index in [0.717, 1.165) is 24.5 Å². The van der Waals surface area contributed by atoms with Crippen molar-refractivity contribution in [1.29, 1.82) is 0 Å². The van der Waals surface area contributed by atoms with Gasteiger partial charge in [0.2, 0.25) is 0 Å². The Morgan fingerprint density at radius 1 is 1.75 bits per heavy atom. The molecule has 0 aliphatic carbocycles. The Morgan fingerprint density at radius 3 is 3.06 bits per heavy atom. The Kier molecular flexibility index (Phi) is 3.41. The molecule has 1 aromatic heterocycles. The molecule has 2 unspecified atom stereocenters. The molecule has 0 spiro atoms. The number of hydrogen-bond acceptors (Lipinski definition) is 5. The molecule has 0 bridgehead atoms. The molecule has 1 fully saturated rings. The molecule has 2 rings (SSSR count).